The Morgan fingerprint density at radius 3 is 2.36 bits per heavy atom. The number of hydrogen-bond acceptors (Lipinski definition) is 2. The molecule has 1 aromatic rings. The van der Waals surface area contributed by atoms with E-state index in [2.05, 4.69) is 5.43 Å². The molecule has 0 amide bonds. The van der Waals surface area contributed by atoms with Gasteiger partial charge < -0.3 is 0 Å². The van der Waals surface area contributed by atoms with Gasteiger partial charge in [0.1, 0.15) is 5.82 Å². The highest BCUT2D eigenvalue weighted by Crippen LogP contribution is 2.10. The van der Waals surface area contributed by atoms with Gasteiger partial charge in [-0.05, 0) is 24.6 Å². The normalized spacial score (nSPS) is 13.0. The molecule has 3 heteroatoms. The van der Waals surface area contributed by atoms with Crippen LogP contribution in [-0.4, -0.2) is 0 Å². The van der Waals surface area contributed by atoms with Gasteiger partial charge in [0.05, 0.1) is 0 Å². The number of halogens is 1. The van der Waals surface area contributed by atoms with Crippen LogP contribution in [0.4, 0.5) is 4.39 Å². The smallest absolute Gasteiger partial charge is 0.123 e. The Kier molecular flexibility index (Phi) is 2.57. The summed E-state index contributed by atoms with van der Waals surface area (Å²) in [4.78, 5) is 0. The molecule has 0 aliphatic carbocycles. The van der Waals surface area contributed by atoms with Crippen molar-refractivity contribution in [3.05, 3.63) is 35.6 Å². The summed E-state index contributed by atoms with van der Waals surface area (Å²) in [7, 11) is 0. The van der Waals surface area contributed by atoms with E-state index < -0.39 is 0 Å². The third kappa shape index (κ3) is 2.00. The molecule has 60 valence electrons. The second kappa shape index (κ2) is 3.46. The summed E-state index contributed by atoms with van der Waals surface area (Å²) in [5.41, 5.74) is 3.56. The summed E-state index contributed by atoms with van der Waals surface area (Å²) in [6.07, 6.45) is 0. The molecule has 1 aromatic carbocycles. The molecular formula is C8H11FN2. The van der Waals surface area contributed by atoms with Crippen molar-refractivity contribution in [3.63, 3.8) is 0 Å². The fourth-order valence-corrected chi connectivity index (χ4v) is 0.848. The van der Waals surface area contributed by atoms with Crippen molar-refractivity contribution in [2.75, 3.05) is 0 Å². The first-order valence-electron chi connectivity index (χ1n) is 3.45. The van der Waals surface area contributed by atoms with E-state index in [0.717, 1.165) is 5.56 Å². The third-order valence-corrected chi connectivity index (χ3v) is 1.62. The Bertz CT molecular complexity index is 220. The van der Waals surface area contributed by atoms with E-state index in [0.29, 0.717) is 0 Å². The predicted molar refractivity (Wildman–Crippen MR) is 42.1 cm³/mol. The Hall–Kier alpha value is -0.930. The Labute approximate surface area is 65.2 Å². The van der Waals surface area contributed by atoms with Gasteiger partial charge >= 0.3 is 0 Å². The van der Waals surface area contributed by atoms with Crippen molar-refractivity contribution in [3.8, 4) is 0 Å². The molecule has 3 N–H and O–H groups in total. The second-order valence-corrected chi connectivity index (χ2v) is 2.44. The average molecular weight is 154 g/mol. The average Bonchev–Trinajstić information content (AvgIpc) is 2.05. The minimum atomic E-state index is -0.224. The monoisotopic (exact) mass is 154 g/mol. The number of hydrogen-bond donors (Lipinski definition) is 2. The van der Waals surface area contributed by atoms with Gasteiger partial charge in [0.2, 0.25) is 0 Å². The van der Waals surface area contributed by atoms with Crippen LogP contribution in [0.3, 0.4) is 0 Å². The van der Waals surface area contributed by atoms with Crippen molar-refractivity contribution in [1.82, 2.24) is 5.43 Å². The zero-order valence-electron chi connectivity index (χ0n) is 6.34. The van der Waals surface area contributed by atoms with Gasteiger partial charge in [0.25, 0.3) is 0 Å². The van der Waals surface area contributed by atoms with Gasteiger partial charge in [-0.3, -0.25) is 11.3 Å². The number of hydrazine groups is 1. The number of nitrogens with one attached hydrogen (secondary N) is 1. The van der Waals surface area contributed by atoms with E-state index in [1.807, 2.05) is 6.92 Å². The van der Waals surface area contributed by atoms with E-state index in [-0.39, 0.29) is 11.9 Å². The molecule has 0 bridgehead atoms. The molecule has 1 atom stereocenters. The highest BCUT2D eigenvalue weighted by atomic mass is 19.1. The lowest BCUT2D eigenvalue weighted by Gasteiger charge is -2.08. The molecule has 0 aliphatic rings. The van der Waals surface area contributed by atoms with Crippen LogP contribution < -0.4 is 11.3 Å². The van der Waals surface area contributed by atoms with Crippen molar-refractivity contribution in [2.45, 2.75) is 13.0 Å². The lowest BCUT2D eigenvalue weighted by Crippen LogP contribution is -2.25. The van der Waals surface area contributed by atoms with Crippen LogP contribution in [0.25, 0.3) is 0 Å². The van der Waals surface area contributed by atoms with Crippen molar-refractivity contribution >= 4 is 0 Å². The number of rotatable bonds is 2. The molecule has 0 heterocycles. The minimum Gasteiger partial charge on any atom is -0.271 e. The predicted octanol–water partition coefficient (Wildman–Crippen LogP) is 1.35. The van der Waals surface area contributed by atoms with Crippen molar-refractivity contribution < 1.29 is 4.39 Å². The van der Waals surface area contributed by atoms with Gasteiger partial charge in [-0.15, -0.1) is 0 Å². The van der Waals surface area contributed by atoms with Crippen LogP contribution in [0.2, 0.25) is 0 Å². The number of nitrogens with two attached hydrogens (primary N) is 1. The molecule has 0 saturated heterocycles. The first-order chi connectivity index (χ1) is 5.24. The van der Waals surface area contributed by atoms with Gasteiger partial charge in [-0.2, -0.15) is 0 Å². The molecule has 0 aliphatic heterocycles. The highest BCUT2D eigenvalue weighted by Gasteiger charge is 2.00. The molecule has 0 spiro atoms. The molecule has 0 radical (unpaired) electrons. The largest absolute Gasteiger partial charge is 0.271 e. The van der Waals surface area contributed by atoms with E-state index in [9.17, 15) is 4.39 Å². The van der Waals surface area contributed by atoms with Gasteiger partial charge in [-0.25, -0.2) is 4.39 Å². The lowest BCUT2D eigenvalue weighted by molar-refractivity contribution is 0.595. The standard InChI is InChI=1S/C8H11FN2/c1-6(11-10)7-2-4-8(9)5-3-7/h2-6,11H,10H2,1H3/t6-/m1/s1. The SMILES string of the molecule is C[C@@H](NN)c1ccc(F)cc1. The van der Waals surface area contributed by atoms with Gasteiger partial charge in [-0.1, -0.05) is 12.1 Å². The Balaban J connectivity index is 2.81. The summed E-state index contributed by atoms with van der Waals surface area (Å²) in [6, 6.07) is 6.32. The maximum absolute atomic E-state index is 12.4. The van der Waals surface area contributed by atoms with Gasteiger partial charge in [0.15, 0.2) is 0 Å². The fourth-order valence-electron chi connectivity index (χ4n) is 0.848. The number of benzene rings is 1. The van der Waals surface area contributed by atoms with Crippen LogP contribution in [0, 0.1) is 5.82 Å². The Morgan fingerprint density at radius 1 is 1.36 bits per heavy atom. The first-order valence-corrected chi connectivity index (χ1v) is 3.45. The molecule has 1 rings (SSSR count). The zero-order valence-corrected chi connectivity index (χ0v) is 6.34. The second-order valence-electron chi connectivity index (χ2n) is 2.44. The molecule has 0 unspecified atom stereocenters. The highest BCUT2D eigenvalue weighted by molar-refractivity contribution is 5.18. The Morgan fingerprint density at radius 2 is 1.91 bits per heavy atom. The van der Waals surface area contributed by atoms with Crippen LogP contribution in [-0.2, 0) is 0 Å². The van der Waals surface area contributed by atoms with Crippen LogP contribution >= 0.6 is 0 Å². The molecule has 0 fully saturated rings. The quantitative estimate of drug-likeness (QED) is 0.498. The van der Waals surface area contributed by atoms with E-state index >= 15 is 0 Å². The van der Waals surface area contributed by atoms with E-state index in [1.165, 1.54) is 12.1 Å². The van der Waals surface area contributed by atoms with Gasteiger partial charge in [0, 0.05) is 6.04 Å². The topological polar surface area (TPSA) is 38.0 Å². The minimum absolute atomic E-state index is 0.0654. The summed E-state index contributed by atoms with van der Waals surface area (Å²) in [5.74, 6) is 4.97. The summed E-state index contributed by atoms with van der Waals surface area (Å²) in [6.45, 7) is 1.91. The fraction of sp³-hybridized carbons (Fsp3) is 0.250. The molecule has 0 saturated carbocycles. The molecule has 2 nitrogen and oxygen atoms in total. The lowest BCUT2D eigenvalue weighted by atomic mass is 10.1. The van der Waals surface area contributed by atoms with Crippen molar-refractivity contribution in [1.29, 1.82) is 0 Å². The zero-order chi connectivity index (χ0) is 8.27. The maximum atomic E-state index is 12.4. The molecule has 11 heavy (non-hydrogen) atoms. The molecular weight excluding hydrogens is 143 g/mol. The molecule has 0 aromatic heterocycles. The van der Waals surface area contributed by atoms with E-state index in [4.69, 9.17) is 5.84 Å². The summed E-state index contributed by atoms with van der Waals surface area (Å²) in [5, 5.41) is 0. The van der Waals surface area contributed by atoms with E-state index in [1.54, 1.807) is 12.1 Å². The maximum Gasteiger partial charge on any atom is 0.123 e. The van der Waals surface area contributed by atoms with Crippen LogP contribution in [0.1, 0.15) is 18.5 Å². The summed E-state index contributed by atoms with van der Waals surface area (Å²) < 4.78 is 12.4. The van der Waals surface area contributed by atoms with Crippen molar-refractivity contribution in [2.24, 2.45) is 5.84 Å². The first kappa shape index (κ1) is 8.17. The third-order valence-electron chi connectivity index (χ3n) is 1.62. The van der Waals surface area contributed by atoms with Crippen LogP contribution in [0.15, 0.2) is 24.3 Å². The summed E-state index contributed by atoms with van der Waals surface area (Å²) >= 11 is 0. The van der Waals surface area contributed by atoms with Crippen LogP contribution in [0.5, 0.6) is 0 Å².